The maximum absolute atomic E-state index is 12.2. The molecule has 0 saturated heterocycles. The predicted octanol–water partition coefficient (Wildman–Crippen LogP) is 0.464. The van der Waals surface area contributed by atoms with Crippen molar-refractivity contribution in [2.45, 2.75) is 97.7 Å². The van der Waals surface area contributed by atoms with E-state index in [0.29, 0.717) is 44.5 Å². The summed E-state index contributed by atoms with van der Waals surface area (Å²) in [5.74, 6) is -4.09. The Morgan fingerprint density at radius 1 is 0.873 bits per heavy atom. The van der Waals surface area contributed by atoms with Gasteiger partial charge in [0.05, 0.1) is 11.2 Å². The van der Waals surface area contributed by atoms with Crippen LogP contribution in [0.2, 0.25) is 0 Å². The molecule has 55 heavy (non-hydrogen) atoms. The lowest BCUT2D eigenvalue weighted by Gasteiger charge is -2.32. The Bertz CT molecular complexity index is 1540. The Morgan fingerprint density at radius 2 is 1.49 bits per heavy atom. The Morgan fingerprint density at radius 3 is 2.00 bits per heavy atom. The smallest absolute Gasteiger partial charge is 0.326 e. The first-order valence-electron chi connectivity index (χ1n) is 17.7. The van der Waals surface area contributed by atoms with E-state index in [1.165, 1.54) is 7.05 Å². The average Bonchev–Trinajstić information content (AvgIpc) is 3.10. The zero-order valence-electron chi connectivity index (χ0n) is 32.4. The van der Waals surface area contributed by atoms with E-state index in [1.807, 2.05) is 0 Å². The van der Waals surface area contributed by atoms with Gasteiger partial charge in [0.2, 0.25) is 24.1 Å². The van der Waals surface area contributed by atoms with E-state index < -0.39 is 62.7 Å². The molecule has 1 rings (SSSR count). The summed E-state index contributed by atoms with van der Waals surface area (Å²) < 4.78 is 30.0. The number of nitrogens with one attached hydrogen (secondary N) is 6. The maximum Gasteiger partial charge on any atom is 0.326 e. The van der Waals surface area contributed by atoms with Gasteiger partial charge in [-0.1, -0.05) is 13.8 Å². The lowest BCUT2D eigenvalue weighted by molar-refractivity contribution is -0.150. The third-order valence-electron chi connectivity index (χ3n) is 8.22. The van der Waals surface area contributed by atoms with Crippen molar-refractivity contribution in [3.05, 3.63) is 29.8 Å². The number of carboxylic acids is 2. The van der Waals surface area contributed by atoms with Crippen molar-refractivity contribution in [1.82, 2.24) is 26.6 Å². The lowest BCUT2D eigenvalue weighted by Crippen LogP contribution is -2.46. The maximum atomic E-state index is 12.2. The van der Waals surface area contributed by atoms with Crippen molar-refractivity contribution in [3.63, 3.8) is 0 Å². The molecule has 20 heteroatoms. The summed E-state index contributed by atoms with van der Waals surface area (Å²) in [6.45, 7) is 9.56. The molecule has 1 aromatic rings. The van der Waals surface area contributed by atoms with Crippen molar-refractivity contribution in [2.24, 2.45) is 16.6 Å². The molecular formula is C35H59N7O12S. The summed E-state index contributed by atoms with van der Waals surface area (Å²) in [4.78, 5) is 81.3. The van der Waals surface area contributed by atoms with Crippen molar-refractivity contribution in [3.8, 4) is 0 Å². The molecule has 3 atom stereocenters. The van der Waals surface area contributed by atoms with E-state index in [4.69, 9.17) is 20.5 Å². The number of hydrogen-bond donors (Lipinski definition) is 10. The molecule has 2 unspecified atom stereocenters. The fourth-order valence-corrected chi connectivity index (χ4v) is 5.81. The van der Waals surface area contributed by atoms with Crippen LogP contribution in [0.25, 0.3) is 0 Å². The van der Waals surface area contributed by atoms with Gasteiger partial charge < -0.3 is 47.8 Å². The highest BCUT2D eigenvalue weighted by atomic mass is 32.2. The predicted molar refractivity (Wildman–Crippen MR) is 204 cm³/mol. The number of carbonyl (C=O) groups excluding carboxylic acids is 5. The Hall–Kier alpha value is -4.82. The molecule has 0 radical (unpaired) electrons. The monoisotopic (exact) mass is 801 g/mol. The summed E-state index contributed by atoms with van der Waals surface area (Å²) in [6, 6.07) is 4.62. The molecule has 19 nitrogen and oxygen atoms in total. The minimum atomic E-state index is -4.06. The minimum Gasteiger partial charge on any atom is -0.481 e. The molecule has 0 aliphatic heterocycles. The van der Waals surface area contributed by atoms with Crippen LogP contribution >= 0.6 is 0 Å². The fraction of sp³-hybridized carbons (Fsp3) is 0.629. The second-order valence-corrected chi connectivity index (χ2v) is 15.8. The van der Waals surface area contributed by atoms with E-state index >= 15 is 0 Å². The van der Waals surface area contributed by atoms with Gasteiger partial charge in [0, 0.05) is 55.8 Å². The molecule has 5 amide bonds. The molecule has 1 aromatic carbocycles. The summed E-state index contributed by atoms with van der Waals surface area (Å²) in [7, 11) is -2.61. The molecule has 0 aliphatic rings. The topological polar surface area (TPSA) is 313 Å². The van der Waals surface area contributed by atoms with Crippen LogP contribution in [0.4, 0.5) is 5.69 Å². The van der Waals surface area contributed by atoms with Crippen molar-refractivity contribution in [1.29, 1.82) is 0 Å². The van der Waals surface area contributed by atoms with E-state index in [9.17, 15) is 42.0 Å². The number of likely N-dealkylation sites (N-methyl/N-ethyl adjacent to an activating group) is 1. The highest BCUT2D eigenvalue weighted by Crippen LogP contribution is 2.34. The number of nitrogens with two attached hydrogens (primary N) is 1. The highest BCUT2D eigenvalue weighted by molar-refractivity contribution is 7.85. The molecule has 0 aromatic heterocycles. The van der Waals surface area contributed by atoms with E-state index in [1.54, 1.807) is 58.9 Å². The molecule has 0 spiro atoms. The van der Waals surface area contributed by atoms with Crippen molar-refractivity contribution >= 4 is 57.8 Å². The van der Waals surface area contributed by atoms with E-state index in [0.717, 1.165) is 5.69 Å². The van der Waals surface area contributed by atoms with Crippen LogP contribution in [0, 0.1) is 10.8 Å². The molecule has 0 saturated carbocycles. The Labute approximate surface area is 322 Å². The summed E-state index contributed by atoms with van der Waals surface area (Å²) in [5.41, 5.74) is 4.89. The lowest BCUT2D eigenvalue weighted by atomic mass is 9.74. The first-order chi connectivity index (χ1) is 25.5. The molecule has 0 heterocycles. The second-order valence-electron chi connectivity index (χ2n) is 14.2. The van der Waals surface area contributed by atoms with Gasteiger partial charge in [-0.05, 0) is 83.6 Å². The van der Waals surface area contributed by atoms with Crippen LogP contribution in [0.5, 0.6) is 0 Å². The van der Waals surface area contributed by atoms with Crippen LogP contribution in [-0.2, 0) is 38.9 Å². The zero-order chi connectivity index (χ0) is 42.4. The number of anilines is 1. The van der Waals surface area contributed by atoms with Gasteiger partial charge in [0.15, 0.2) is 0 Å². The number of rotatable bonds is 25. The largest absolute Gasteiger partial charge is 0.481 e. The molecular weight excluding hydrogens is 742 g/mol. The first kappa shape index (κ1) is 50.2. The van der Waals surface area contributed by atoms with Gasteiger partial charge in [0.1, 0.15) is 12.1 Å². The fourth-order valence-electron chi connectivity index (χ4n) is 5.16. The number of unbranched alkanes of at least 4 members (excludes halogenated alkanes) is 1. The number of aliphatic carboxylic acids is 2. The number of carboxylic acid groups (broad SMARTS) is 2. The average molecular weight is 802 g/mol. The Kier molecular flexibility index (Phi) is 22.4. The second kappa shape index (κ2) is 24.6. The van der Waals surface area contributed by atoms with Crippen molar-refractivity contribution < 1.29 is 56.7 Å². The third kappa shape index (κ3) is 21.6. The van der Waals surface area contributed by atoms with E-state index in [2.05, 4.69) is 31.9 Å². The summed E-state index contributed by atoms with van der Waals surface area (Å²) in [5, 5.41) is 33.9. The number of hydrogen-bond acceptors (Lipinski definition) is 11. The van der Waals surface area contributed by atoms with E-state index in [-0.39, 0.29) is 49.8 Å². The van der Waals surface area contributed by atoms with Crippen LogP contribution in [0.1, 0.15) is 89.9 Å². The molecule has 11 N–H and O–H groups in total. The normalized spacial score (nSPS) is 13.0. The van der Waals surface area contributed by atoms with Gasteiger partial charge in [-0.25, -0.2) is 4.79 Å². The minimum absolute atomic E-state index is 0.0863. The van der Waals surface area contributed by atoms with Gasteiger partial charge in [0.25, 0.3) is 16.0 Å². The quantitative estimate of drug-likeness (QED) is 0.0365. The Balaban J connectivity index is 0.00000119. The van der Waals surface area contributed by atoms with Crippen LogP contribution < -0.4 is 37.6 Å². The van der Waals surface area contributed by atoms with Gasteiger partial charge >= 0.3 is 11.9 Å². The van der Waals surface area contributed by atoms with Gasteiger partial charge in [-0.3, -0.25) is 33.3 Å². The van der Waals surface area contributed by atoms with Gasteiger partial charge in [-0.15, -0.1) is 0 Å². The highest BCUT2D eigenvalue weighted by Gasteiger charge is 2.39. The first-order valence-corrected chi connectivity index (χ1v) is 19.4. The van der Waals surface area contributed by atoms with Crippen LogP contribution in [-0.4, -0.2) is 116 Å². The summed E-state index contributed by atoms with van der Waals surface area (Å²) >= 11 is 0. The third-order valence-corrected chi connectivity index (χ3v) is 8.97. The number of amides is 5. The number of carbonyl (C=O) groups is 7. The molecule has 312 valence electrons. The SMILES string of the molecule is CC(CCS(=O)(=O)O)NC(=O)C(C)(C)CC(C)(C)C(=O)O.CNC(=O)[C@H](CCCCNC(=O)c1ccc(NCCN)cc1)NC(=O)CCC(NC=O)C(=O)O. The van der Waals surface area contributed by atoms with Gasteiger partial charge in [-0.2, -0.15) is 8.42 Å². The van der Waals surface area contributed by atoms with Crippen LogP contribution in [0.15, 0.2) is 24.3 Å². The molecule has 0 aliphatic carbocycles. The van der Waals surface area contributed by atoms with Crippen LogP contribution in [0.3, 0.4) is 0 Å². The number of benzene rings is 1. The van der Waals surface area contributed by atoms with Crippen molar-refractivity contribution in [2.75, 3.05) is 37.8 Å². The zero-order valence-corrected chi connectivity index (χ0v) is 33.2. The molecule has 0 bridgehead atoms. The molecule has 0 fully saturated rings. The standard InChI is InChI=1S/C22H34N6O6.C13H25NO6S/c1-24-21(32)17(28-19(30)10-9-18(22(33)34)27-14-29)4-2-3-12-26-20(31)15-5-7-16(8-6-15)25-13-11-23;1-9(6-7-21(18,19)20)14-10(15)12(2,3)8-13(4,5)11(16)17/h5-8,14,17-18,25H,2-4,9-13,23H2,1H3,(H,24,32)(H,26,31)(H,27,29)(H,28,30)(H,33,34);9H,6-8H2,1-5H3,(H,14,15)(H,16,17)(H,18,19,20)/t17-,18?;/m0./s1. The summed E-state index contributed by atoms with van der Waals surface area (Å²) in [6.07, 6.45) is 1.73.